The molecule has 0 spiro atoms. The van der Waals surface area contributed by atoms with Crippen LogP contribution in [0.2, 0.25) is 0 Å². The van der Waals surface area contributed by atoms with Crippen LogP contribution in [0.5, 0.6) is 0 Å². The number of hydrogen-bond acceptors (Lipinski definition) is 1. The van der Waals surface area contributed by atoms with Gasteiger partial charge in [-0.2, -0.15) is 0 Å². The van der Waals surface area contributed by atoms with Gasteiger partial charge in [0.25, 0.3) is 0 Å². The molecule has 0 unspecified atom stereocenters. The summed E-state index contributed by atoms with van der Waals surface area (Å²) in [6.07, 6.45) is 0. The van der Waals surface area contributed by atoms with Crippen LogP contribution < -0.4 is 4.90 Å². The number of anilines is 3. The van der Waals surface area contributed by atoms with Gasteiger partial charge in [-0.25, -0.2) is 0 Å². The first-order chi connectivity index (χ1) is 22.0. The van der Waals surface area contributed by atoms with Crippen molar-refractivity contribution in [3.8, 4) is 33.4 Å². The Kier molecular flexibility index (Phi) is 6.69. The minimum Gasteiger partial charge on any atom is -0.310 e. The van der Waals surface area contributed by atoms with E-state index in [9.17, 15) is 0 Å². The number of nitrogens with zero attached hydrogens (tertiary/aromatic N) is 1. The minimum absolute atomic E-state index is 0.0826. The Morgan fingerprint density at radius 1 is 0.444 bits per heavy atom. The van der Waals surface area contributed by atoms with E-state index in [2.05, 4.69) is 192 Å². The normalized spacial score (nSPS) is 13.0. The Morgan fingerprint density at radius 3 is 1.89 bits per heavy atom. The van der Waals surface area contributed by atoms with Gasteiger partial charge >= 0.3 is 0 Å². The van der Waals surface area contributed by atoms with E-state index in [4.69, 9.17) is 0 Å². The van der Waals surface area contributed by atoms with E-state index in [-0.39, 0.29) is 5.41 Å². The molecule has 7 aromatic rings. The standard InChI is InChI=1S/C43H32BrN/c1-43(2)40-18-9-8-16-37(40)38-25-23-34(28-41(38)43)45(33-24-26-42(44)39(27-33)30-11-4-3-5-12-30)32-21-19-31(20-22-32)36-17-10-14-29-13-6-7-15-35(29)36/h3-28H,1-2H3. The van der Waals surface area contributed by atoms with Gasteiger partial charge in [0.1, 0.15) is 0 Å². The van der Waals surface area contributed by atoms with Crippen LogP contribution in [0.25, 0.3) is 44.2 Å². The first-order valence-corrected chi connectivity index (χ1v) is 16.3. The molecule has 8 rings (SSSR count). The molecule has 0 aromatic heterocycles. The first kappa shape index (κ1) is 27.6. The molecule has 1 aliphatic carbocycles. The highest BCUT2D eigenvalue weighted by Gasteiger charge is 2.35. The molecule has 0 saturated heterocycles. The second-order valence-electron chi connectivity index (χ2n) is 12.3. The molecule has 0 saturated carbocycles. The summed E-state index contributed by atoms with van der Waals surface area (Å²) in [5.74, 6) is 0. The van der Waals surface area contributed by atoms with E-state index < -0.39 is 0 Å². The highest BCUT2D eigenvalue weighted by atomic mass is 79.9. The van der Waals surface area contributed by atoms with Gasteiger partial charge in [0.15, 0.2) is 0 Å². The Labute approximate surface area is 273 Å². The largest absolute Gasteiger partial charge is 0.310 e. The third kappa shape index (κ3) is 4.69. The first-order valence-electron chi connectivity index (χ1n) is 15.5. The summed E-state index contributed by atoms with van der Waals surface area (Å²) >= 11 is 3.84. The highest BCUT2D eigenvalue weighted by molar-refractivity contribution is 9.10. The maximum absolute atomic E-state index is 3.84. The second-order valence-corrected chi connectivity index (χ2v) is 13.2. The third-order valence-corrected chi connectivity index (χ3v) is 10.0. The molecular weight excluding hydrogens is 610 g/mol. The van der Waals surface area contributed by atoms with Crippen LogP contribution in [-0.4, -0.2) is 0 Å². The third-order valence-electron chi connectivity index (χ3n) is 9.34. The van der Waals surface area contributed by atoms with E-state index >= 15 is 0 Å². The average Bonchev–Trinajstić information content (AvgIpc) is 3.32. The zero-order valence-corrected chi connectivity index (χ0v) is 26.9. The number of halogens is 1. The lowest BCUT2D eigenvalue weighted by atomic mass is 9.82. The summed E-state index contributed by atoms with van der Waals surface area (Å²) in [5.41, 5.74) is 13.5. The maximum Gasteiger partial charge on any atom is 0.0468 e. The Balaban J connectivity index is 1.29. The summed E-state index contributed by atoms with van der Waals surface area (Å²) in [5, 5.41) is 2.52. The second kappa shape index (κ2) is 10.9. The predicted octanol–water partition coefficient (Wildman–Crippen LogP) is 12.7. The van der Waals surface area contributed by atoms with Crippen LogP contribution in [0.1, 0.15) is 25.0 Å². The lowest BCUT2D eigenvalue weighted by Crippen LogP contribution is -2.16. The number of fused-ring (bicyclic) bond motifs is 4. The molecule has 0 atom stereocenters. The van der Waals surface area contributed by atoms with Crippen molar-refractivity contribution in [2.24, 2.45) is 0 Å². The minimum atomic E-state index is -0.0826. The summed E-state index contributed by atoms with van der Waals surface area (Å²) in [6.45, 7) is 4.69. The molecular formula is C43H32BrN. The van der Waals surface area contributed by atoms with E-state index in [1.807, 2.05) is 0 Å². The molecule has 7 aromatic carbocycles. The fourth-order valence-corrected chi connectivity index (χ4v) is 7.51. The maximum atomic E-state index is 3.84. The zero-order valence-electron chi connectivity index (χ0n) is 25.3. The smallest absolute Gasteiger partial charge is 0.0468 e. The molecule has 0 radical (unpaired) electrons. The molecule has 216 valence electrons. The van der Waals surface area contributed by atoms with Crippen LogP contribution in [0.3, 0.4) is 0 Å². The van der Waals surface area contributed by atoms with Crippen LogP contribution in [0.15, 0.2) is 162 Å². The van der Waals surface area contributed by atoms with Gasteiger partial charge in [0, 0.05) is 26.9 Å². The van der Waals surface area contributed by atoms with Gasteiger partial charge in [0.05, 0.1) is 0 Å². The van der Waals surface area contributed by atoms with Gasteiger partial charge in [0.2, 0.25) is 0 Å². The van der Waals surface area contributed by atoms with Crippen LogP contribution >= 0.6 is 15.9 Å². The van der Waals surface area contributed by atoms with E-state index in [1.54, 1.807) is 0 Å². The summed E-state index contributed by atoms with van der Waals surface area (Å²) < 4.78 is 1.08. The SMILES string of the molecule is CC1(C)c2ccccc2-c2ccc(N(c3ccc(-c4cccc5ccccc45)cc3)c3ccc(Br)c(-c4ccccc4)c3)cc21. The van der Waals surface area contributed by atoms with E-state index in [0.29, 0.717) is 0 Å². The fraction of sp³-hybridized carbons (Fsp3) is 0.0698. The van der Waals surface area contributed by atoms with Crippen molar-refractivity contribution in [3.05, 3.63) is 173 Å². The van der Waals surface area contributed by atoms with Gasteiger partial charge in [-0.1, -0.05) is 145 Å². The lowest BCUT2D eigenvalue weighted by molar-refractivity contribution is 0.660. The molecule has 0 heterocycles. The summed E-state index contributed by atoms with van der Waals surface area (Å²) in [4.78, 5) is 2.39. The monoisotopic (exact) mass is 641 g/mol. The molecule has 45 heavy (non-hydrogen) atoms. The van der Waals surface area contributed by atoms with E-state index in [0.717, 1.165) is 21.5 Å². The molecule has 0 amide bonds. The Hall–Kier alpha value is -4.92. The fourth-order valence-electron chi connectivity index (χ4n) is 7.04. The number of hydrogen-bond donors (Lipinski definition) is 0. The van der Waals surface area contributed by atoms with Crippen molar-refractivity contribution in [2.75, 3.05) is 4.90 Å². The van der Waals surface area contributed by atoms with Crippen molar-refractivity contribution in [2.45, 2.75) is 19.3 Å². The molecule has 0 N–H and O–H groups in total. The van der Waals surface area contributed by atoms with Gasteiger partial charge in [-0.15, -0.1) is 0 Å². The topological polar surface area (TPSA) is 3.24 Å². The summed E-state index contributed by atoms with van der Waals surface area (Å²) in [7, 11) is 0. The highest BCUT2D eigenvalue weighted by Crippen LogP contribution is 2.51. The number of rotatable bonds is 5. The Bertz CT molecular complexity index is 2190. The average molecular weight is 643 g/mol. The quantitative estimate of drug-likeness (QED) is 0.181. The van der Waals surface area contributed by atoms with Crippen LogP contribution in [0.4, 0.5) is 17.1 Å². The van der Waals surface area contributed by atoms with Crippen molar-refractivity contribution < 1.29 is 0 Å². The summed E-state index contributed by atoms with van der Waals surface area (Å²) in [6, 6.07) is 57.3. The molecule has 0 fully saturated rings. The lowest BCUT2D eigenvalue weighted by Gasteiger charge is -2.29. The molecule has 0 bridgehead atoms. The predicted molar refractivity (Wildman–Crippen MR) is 195 cm³/mol. The van der Waals surface area contributed by atoms with Gasteiger partial charge in [-0.3, -0.25) is 0 Å². The molecule has 1 aliphatic rings. The van der Waals surface area contributed by atoms with Crippen molar-refractivity contribution >= 4 is 43.8 Å². The zero-order chi connectivity index (χ0) is 30.5. The molecule has 0 aliphatic heterocycles. The van der Waals surface area contributed by atoms with E-state index in [1.165, 1.54) is 55.3 Å². The Morgan fingerprint density at radius 2 is 1.04 bits per heavy atom. The molecule has 2 heteroatoms. The van der Waals surface area contributed by atoms with Crippen molar-refractivity contribution in [3.63, 3.8) is 0 Å². The van der Waals surface area contributed by atoms with Crippen LogP contribution in [0, 0.1) is 0 Å². The van der Waals surface area contributed by atoms with Crippen molar-refractivity contribution in [1.29, 1.82) is 0 Å². The van der Waals surface area contributed by atoms with Crippen molar-refractivity contribution in [1.82, 2.24) is 0 Å². The number of benzene rings is 7. The molecule has 1 nitrogen and oxygen atoms in total. The van der Waals surface area contributed by atoms with Gasteiger partial charge < -0.3 is 4.90 Å². The van der Waals surface area contributed by atoms with Gasteiger partial charge in [-0.05, 0) is 97.7 Å². The van der Waals surface area contributed by atoms with Crippen LogP contribution in [-0.2, 0) is 5.41 Å².